The Labute approximate surface area is 487 Å². The Hall–Kier alpha value is -7.89. The molecule has 4 unspecified atom stereocenters. The highest BCUT2D eigenvalue weighted by atomic mass is 35.5. The molecule has 4 aliphatic carbocycles. The zero-order valence-electron chi connectivity index (χ0n) is 48.9. The first-order valence-electron chi connectivity index (χ1n) is 28.5. The van der Waals surface area contributed by atoms with Crippen LogP contribution in [0.3, 0.4) is 0 Å². The fraction of sp³-hybridized carbons (Fsp3) is 0.552. The molecule has 442 valence electrons. The number of fused-ring (bicyclic) bond motifs is 4. The Bertz CT molecular complexity index is 3420. The molecule has 6 aromatic rings. The molecule has 0 aromatic carbocycles. The molecule has 8 heterocycles. The third-order valence-electron chi connectivity index (χ3n) is 16.2. The van der Waals surface area contributed by atoms with Crippen molar-refractivity contribution in [1.29, 1.82) is 0 Å². The van der Waals surface area contributed by atoms with E-state index in [1.165, 1.54) is 25.1 Å². The fourth-order valence-electron chi connectivity index (χ4n) is 12.1. The van der Waals surface area contributed by atoms with Gasteiger partial charge in [0.1, 0.15) is 39.7 Å². The molecule has 2 saturated heterocycles. The molecule has 83 heavy (non-hydrogen) atoms. The van der Waals surface area contributed by atoms with Gasteiger partial charge in [-0.05, 0) is 132 Å². The lowest BCUT2D eigenvalue weighted by molar-refractivity contribution is -0.389. The number of piperidine rings is 2. The summed E-state index contributed by atoms with van der Waals surface area (Å²) in [7, 11) is 7.07. The number of anilines is 4. The van der Waals surface area contributed by atoms with Crippen molar-refractivity contribution in [3.63, 3.8) is 0 Å². The molecule has 12 rings (SSSR count). The van der Waals surface area contributed by atoms with Crippen LogP contribution >= 0.6 is 11.6 Å². The number of ether oxygens (including phenoxy) is 2. The fourth-order valence-corrected chi connectivity index (χ4v) is 12.2. The average Bonchev–Trinajstić information content (AvgIpc) is 1.72. The number of nitrogens with one attached hydrogen (secondary N) is 3. The number of amides is 4. The third kappa shape index (κ3) is 13.0. The van der Waals surface area contributed by atoms with E-state index in [2.05, 4.69) is 59.8 Å². The summed E-state index contributed by atoms with van der Waals surface area (Å²) in [5.41, 5.74) is 3.19. The maximum atomic E-state index is 13.0. The van der Waals surface area contributed by atoms with Crippen molar-refractivity contribution >= 4 is 86.6 Å². The smallest absolute Gasteiger partial charge is 0.408 e. The number of pyridine rings is 2. The van der Waals surface area contributed by atoms with Crippen molar-refractivity contribution in [2.45, 2.75) is 140 Å². The van der Waals surface area contributed by atoms with Crippen molar-refractivity contribution in [1.82, 2.24) is 59.5 Å². The molecule has 0 radical (unpaired) electrons. The number of rotatable bonds is 11. The van der Waals surface area contributed by atoms with Gasteiger partial charge < -0.3 is 64.3 Å². The molecular weight excluding hydrogens is 1080 g/mol. The SMILES string of the molecule is CC(C)(C)OC(=O)NC12CC1CN(c1ccc([N+](=O)[O-])nc1)C2.CN(C)C(=O)c1cc2cnc(Cl)nc2n1C1CCCC1.CN(C)C(=O)c1cc2cnc(Nc3ccc(N4CC5CC5(NC(=O)OC(C)(C)C)C4)cn3)nc2n1C1CCCC1. The summed E-state index contributed by atoms with van der Waals surface area (Å²) in [4.78, 5) is 93.5. The highest BCUT2D eigenvalue weighted by Gasteiger charge is 2.62. The molecule has 6 fully saturated rings. The number of halogens is 1. The summed E-state index contributed by atoms with van der Waals surface area (Å²) in [5, 5.41) is 21.9. The summed E-state index contributed by atoms with van der Waals surface area (Å²) in [5.74, 6) is 1.67. The number of nitrogens with zero attached hydrogens (tertiary/aromatic N) is 13. The van der Waals surface area contributed by atoms with Gasteiger partial charge in [0.15, 0.2) is 6.20 Å². The van der Waals surface area contributed by atoms with Crippen LogP contribution in [0.5, 0.6) is 0 Å². The lowest BCUT2D eigenvalue weighted by Crippen LogP contribution is -2.44. The first kappa shape index (κ1) is 58.3. The quantitative estimate of drug-likeness (QED) is 0.0619. The van der Waals surface area contributed by atoms with Gasteiger partial charge in [-0.15, -0.1) is 0 Å². The van der Waals surface area contributed by atoms with Crippen LogP contribution in [-0.4, -0.2) is 154 Å². The van der Waals surface area contributed by atoms with Gasteiger partial charge >= 0.3 is 18.0 Å². The zero-order chi connectivity index (χ0) is 59.3. The number of carbonyl (C=O) groups excluding carboxylic acids is 4. The summed E-state index contributed by atoms with van der Waals surface area (Å²) in [6.45, 7) is 14.2. The van der Waals surface area contributed by atoms with Crippen LogP contribution in [0.2, 0.25) is 5.28 Å². The molecule has 25 heteroatoms. The van der Waals surface area contributed by atoms with E-state index < -0.39 is 22.2 Å². The van der Waals surface area contributed by atoms with E-state index in [9.17, 15) is 29.3 Å². The van der Waals surface area contributed by atoms with Gasteiger partial charge in [0, 0.05) is 108 Å². The van der Waals surface area contributed by atoms with E-state index in [-0.39, 0.29) is 46.1 Å². The van der Waals surface area contributed by atoms with Gasteiger partial charge in [-0.3, -0.25) is 9.59 Å². The minimum absolute atomic E-state index is 0.00831. The zero-order valence-corrected chi connectivity index (χ0v) is 49.7. The second kappa shape index (κ2) is 22.7. The normalized spacial score (nSPS) is 21.7. The summed E-state index contributed by atoms with van der Waals surface area (Å²) in [6.07, 6.45) is 16.9. The molecule has 2 aliphatic heterocycles. The maximum Gasteiger partial charge on any atom is 0.408 e. The van der Waals surface area contributed by atoms with E-state index in [4.69, 9.17) is 26.1 Å². The van der Waals surface area contributed by atoms with Crippen LogP contribution in [-0.2, 0) is 9.47 Å². The van der Waals surface area contributed by atoms with Crippen LogP contribution in [0.25, 0.3) is 22.1 Å². The van der Waals surface area contributed by atoms with Crippen LogP contribution in [0.4, 0.5) is 38.5 Å². The van der Waals surface area contributed by atoms with Crippen LogP contribution in [0.15, 0.2) is 61.2 Å². The van der Waals surface area contributed by atoms with Crippen LogP contribution in [0, 0.1) is 22.0 Å². The van der Waals surface area contributed by atoms with Gasteiger partial charge in [-0.25, -0.2) is 24.5 Å². The standard InChI is InChI=1S/C29H38N8O3.C15H20N4O4.C14H17ClN4O/c1-28(2,3)40-27(39)34-29-13-19(29)16-36(17-29)21-10-11-23(30-15-21)32-26-31-14-18-12-22(25(38)35(4)5)37(24(18)33-26)20-8-6-7-9-20;1-14(2,3)23-13(20)17-15-6-10(15)8-18(9-15)11-4-5-12(16-7-11)19(21)22;1-18(2)13(20)11-7-9-8-16-14(15)17-12(9)19(11)10-5-3-4-6-10/h10-12,14-15,19-20H,6-9,13,16-17H2,1-5H3,(H,34,39)(H,30,31,32,33);4-5,7,10H,6,8-9H2,1-3H3,(H,17,20);7-8,10H,3-6H2,1-2H3. The Morgan fingerprint density at radius 1 is 0.651 bits per heavy atom. The summed E-state index contributed by atoms with van der Waals surface area (Å²) >= 11 is 5.92. The van der Waals surface area contributed by atoms with Crippen molar-refractivity contribution in [3.8, 4) is 0 Å². The highest BCUT2D eigenvalue weighted by Crippen LogP contribution is 2.52. The van der Waals surface area contributed by atoms with Crippen molar-refractivity contribution in [3.05, 3.63) is 88.0 Å². The Morgan fingerprint density at radius 2 is 1.11 bits per heavy atom. The first-order chi connectivity index (χ1) is 39.3. The second-order valence-corrected chi connectivity index (χ2v) is 25.6. The highest BCUT2D eigenvalue weighted by molar-refractivity contribution is 6.28. The van der Waals surface area contributed by atoms with Gasteiger partial charge in [-0.1, -0.05) is 25.7 Å². The van der Waals surface area contributed by atoms with Gasteiger partial charge in [-0.2, -0.15) is 9.97 Å². The van der Waals surface area contributed by atoms with Crippen LogP contribution in [0.1, 0.15) is 139 Å². The largest absolute Gasteiger partial charge is 0.444 e. The summed E-state index contributed by atoms with van der Waals surface area (Å²) < 4.78 is 14.9. The molecule has 4 atom stereocenters. The number of aromatic nitrogens is 8. The third-order valence-corrected chi connectivity index (χ3v) is 16.4. The molecule has 0 bridgehead atoms. The molecule has 0 spiro atoms. The lowest BCUT2D eigenvalue weighted by atomic mass is 10.2. The average molecular weight is 1160 g/mol. The summed E-state index contributed by atoms with van der Waals surface area (Å²) in [6, 6.07) is 11.4. The van der Waals surface area contributed by atoms with Gasteiger partial charge in [0.2, 0.25) is 11.2 Å². The Morgan fingerprint density at radius 3 is 1.53 bits per heavy atom. The predicted molar refractivity (Wildman–Crippen MR) is 314 cm³/mol. The Balaban J connectivity index is 0.000000152. The molecule has 4 saturated carbocycles. The molecule has 6 aromatic heterocycles. The first-order valence-corrected chi connectivity index (χ1v) is 28.9. The van der Waals surface area contributed by atoms with E-state index in [1.807, 2.05) is 72.0 Å². The van der Waals surface area contributed by atoms with Gasteiger partial charge in [0.25, 0.3) is 11.8 Å². The number of carbonyl (C=O) groups is 4. The van der Waals surface area contributed by atoms with Crippen molar-refractivity contribution < 1.29 is 33.6 Å². The van der Waals surface area contributed by atoms with E-state index in [0.717, 1.165) is 104 Å². The molecule has 3 N–H and O–H groups in total. The van der Waals surface area contributed by atoms with E-state index in [1.54, 1.807) is 56.5 Å². The topological polar surface area (TPSA) is 266 Å². The molecule has 24 nitrogen and oxygen atoms in total. The van der Waals surface area contributed by atoms with E-state index in [0.29, 0.717) is 47.6 Å². The molecule has 6 aliphatic rings. The minimum Gasteiger partial charge on any atom is -0.444 e. The molecular formula is C58H75ClN16O8. The molecule has 4 amide bonds. The maximum absolute atomic E-state index is 13.0. The predicted octanol–water partition coefficient (Wildman–Crippen LogP) is 9.49. The lowest BCUT2D eigenvalue weighted by Gasteiger charge is -2.25. The second-order valence-electron chi connectivity index (χ2n) is 25.3. The number of hydrogen-bond acceptors (Lipinski definition) is 17. The minimum atomic E-state index is -0.522. The number of alkyl carbamates (subject to hydrolysis) is 2. The van der Waals surface area contributed by atoms with Crippen molar-refractivity contribution in [2.24, 2.45) is 11.8 Å². The van der Waals surface area contributed by atoms with Crippen molar-refractivity contribution in [2.75, 3.05) is 69.5 Å². The Kier molecular flexibility index (Phi) is 15.9. The number of nitro groups is 1. The van der Waals surface area contributed by atoms with Crippen LogP contribution < -0.4 is 25.8 Å². The number of hydrogen-bond donors (Lipinski definition) is 3. The monoisotopic (exact) mass is 1160 g/mol. The van der Waals surface area contributed by atoms with Gasteiger partial charge in [0.05, 0.1) is 28.6 Å². The van der Waals surface area contributed by atoms with E-state index >= 15 is 0 Å².